The second-order valence-electron chi connectivity index (χ2n) is 4.66. The number of likely N-dealkylation sites (N-methyl/N-ethyl adjacent to an activating group) is 1. The molecule has 3 rings (SSSR count). The summed E-state index contributed by atoms with van der Waals surface area (Å²) in [5.74, 6) is -1.38. The van der Waals surface area contributed by atoms with Gasteiger partial charge in [0.25, 0.3) is 5.24 Å². The monoisotopic (exact) mass is 335 g/mol. The molecule has 0 unspecified atom stereocenters. The van der Waals surface area contributed by atoms with Crippen molar-refractivity contribution in [1.82, 2.24) is 14.8 Å². The lowest BCUT2D eigenvalue weighted by molar-refractivity contribution is -0.153. The number of thiazole rings is 1. The number of thioether (sulfide) groups is 1. The van der Waals surface area contributed by atoms with Crippen LogP contribution in [0.4, 0.5) is 4.79 Å². The van der Waals surface area contributed by atoms with E-state index in [1.54, 1.807) is 6.92 Å². The van der Waals surface area contributed by atoms with Crippen LogP contribution in [0.5, 0.6) is 0 Å². The highest BCUT2D eigenvalue weighted by Crippen LogP contribution is 2.31. The Hall–Kier alpha value is -1.93. The molecule has 0 radical (unpaired) electrons. The molecule has 1 aliphatic rings. The molecule has 1 fully saturated rings. The third-order valence-corrected chi connectivity index (χ3v) is 5.35. The minimum atomic E-state index is -0.758. The van der Waals surface area contributed by atoms with E-state index in [1.165, 1.54) is 16.2 Å². The SMILES string of the molecule is CCN1CCN(C(=O)Sc2nc3ccccc3s2)C(=O)C1=O. The van der Waals surface area contributed by atoms with Gasteiger partial charge in [-0.3, -0.25) is 19.3 Å². The third-order valence-electron chi connectivity index (χ3n) is 3.36. The Bertz CT molecular complexity index is 726. The van der Waals surface area contributed by atoms with Crippen LogP contribution in [-0.2, 0) is 9.59 Å². The predicted octanol–water partition coefficient (Wildman–Crippen LogP) is 2.20. The summed E-state index contributed by atoms with van der Waals surface area (Å²) in [5.41, 5.74) is 0.820. The Morgan fingerprint density at radius 2 is 2.05 bits per heavy atom. The molecule has 2 aromatic rings. The van der Waals surface area contributed by atoms with E-state index in [9.17, 15) is 14.4 Å². The molecule has 2 heterocycles. The highest BCUT2D eigenvalue weighted by Gasteiger charge is 2.35. The summed E-state index contributed by atoms with van der Waals surface area (Å²) in [6.45, 7) is 2.89. The number of amides is 3. The number of aromatic nitrogens is 1. The normalized spacial score (nSPS) is 15.7. The summed E-state index contributed by atoms with van der Waals surface area (Å²) in [5, 5.41) is -0.451. The first kappa shape index (κ1) is 15.0. The second kappa shape index (κ2) is 6.05. The number of imide groups is 1. The van der Waals surface area contributed by atoms with E-state index in [0.717, 1.165) is 26.9 Å². The summed E-state index contributed by atoms with van der Waals surface area (Å²) in [6.07, 6.45) is 0. The molecule has 0 N–H and O–H groups in total. The topological polar surface area (TPSA) is 70.6 Å². The smallest absolute Gasteiger partial charge is 0.319 e. The fraction of sp³-hybridized carbons (Fsp3) is 0.286. The van der Waals surface area contributed by atoms with Gasteiger partial charge in [-0.15, -0.1) is 11.3 Å². The molecule has 1 aromatic carbocycles. The third kappa shape index (κ3) is 2.71. The van der Waals surface area contributed by atoms with E-state index in [-0.39, 0.29) is 6.54 Å². The van der Waals surface area contributed by atoms with Crippen LogP contribution in [-0.4, -0.2) is 51.5 Å². The van der Waals surface area contributed by atoms with Crippen LogP contribution in [0.1, 0.15) is 6.92 Å². The van der Waals surface area contributed by atoms with Crippen molar-refractivity contribution in [2.75, 3.05) is 19.6 Å². The molecular formula is C14H13N3O3S2. The van der Waals surface area contributed by atoms with E-state index in [4.69, 9.17) is 0 Å². The quantitative estimate of drug-likeness (QED) is 0.621. The van der Waals surface area contributed by atoms with Crippen molar-refractivity contribution >= 4 is 50.4 Å². The zero-order chi connectivity index (χ0) is 15.7. The summed E-state index contributed by atoms with van der Waals surface area (Å²) < 4.78 is 1.56. The molecule has 0 atom stereocenters. The fourth-order valence-electron chi connectivity index (χ4n) is 2.17. The van der Waals surface area contributed by atoms with E-state index < -0.39 is 17.1 Å². The zero-order valence-electron chi connectivity index (χ0n) is 11.8. The van der Waals surface area contributed by atoms with Crippen molar-refractivity contribution in [2.24, 2.45) is 0 Å². The lowest BCUT2D eigenvalue weighted by Crippen LogP contribution is -2.55. The van der Waals surface area contributed by atoms with Gasteiger partial charge in [0.1, 0.15) is 0 Å². The van der Waals surface area contributed by atoms with Gasteiger partial charge >= 0.3 is 11.8 Å². The van der Waals surface area contributed by atoms with Crippen molar-refractivity contribution in [3.8, 4) is 0 Å². The van der Waals surface area contributed by atoms with Crippen molar-refractivity contribution in [2.45, 2.75) is 11.3 Å². The van der Waals surface area contributed by atoms with Gasteiger partial charge in [-0.2, -0.15) is 0 Å². The van der Waals surface area contributed by atoms with Crippen molar-refractivity contribution < 1.29 is 14.4 Å². The van der Waals surface area contributed by atoms with Crippen molar-refractivity contribution in [1.29, 1.82) is 0 Å². The molecule has 3 amide bonds. The van der Waals surface area contributed by atoms with E-state index in [0.29, 0.717) is 17.4 Å². The maximum absolute atomic E-state index is 12.3. The second-order valence-corrected chi connectivity index (χ2v) is 6.89. The number of nitrogens with zero attached hydrogens (tertiary/aromatic N) is 3. The predicted molar refractivity (Wildman–Crippen MR) is 84.8 cm³/mol. The average Bonchev–Trinajstić information content (AvgIpc) is 2.91. The molecule has 1 aromatic heterocycles. The first-order valence-electron chi connectivity index (χ1n) is 6.78. The van der Waals surface area contributed by atoms with Gasteiger partial charge in [0.05, 0.1) is 10.2 Å². The Morgan fingerprint density at radius 1 is 1.27 bits per heavy atom. The lowest BCUT2D eigenvalue weighted by Gasteiger charge is -2.31. The first-order chi connectivity index (χ1) is 10.6. The average molecular weight is 335 g/mol. The van der Waals surface area contributed by atoms with Crippen LogP contribution in [0, 0.1) is 0 Å². The molecule has 8 heteroatoms. The highest BCUT2D eigenvalue weighted by atomic mass is 32.2. The maximum Gasteiger partial charge on any atom is 0.319 e. The van der Waals surface area contributed by atoms with Gasteiger partial charge in [-0.1, -0.05) is 12.1 Å². The molecule has 0 saturated carbocycles. The Kier molecular flexibility index (Phi) is 4.12. The van der Waals surface area contributed by atoms with Crippen LogP contribution < -0.4 is 0 Å². The number of piperazine rings is 1. The molecular weight excluding hydrogens is 322 g/mol. The lowest BCUT2D eigenvalue weighted by atomic mass is 10.3. The van der Waals surface area contributed by atoms with Crippen LogP contribution in [0.15, 0.2) is 28.6 Å². The number of para-hydroxylation sites is 1. The van der Waals surface area contributed by atoms with E-state index in [2.05, 4.69) is 4.98 Å². The molecule has 1 saturated heterocycles. The van der Waals surface area contributed by atoms with Crippen LogP contribution in [0.2, 0.25) is 0 Å². The van der Waals surface area contributed by atoms with Gasteiger partial charge in [0, 0.05) is 31.4 Å². The molecule has 22 heavy (non-hydrogen) atoms. The number of fused-ring (bicyclic) bond motifs is 1. The van der Waals surface area contributed by atoms with Gasteiger partial charge in [-0.05, 0) is 19.1 Å². The van der Waals surface area contributed by atoms with Crippen LogP contribution in [0.3, 0.4) is 0 Å². The van der Waals surface area contributed by atoms with Gasteiger partial charge in [0.2, 0.25) is 0 Å². The number of benzene rings is 1. The highest BCUT2D eigenvalue weighted by molar-refractivity contribution is 8.14. The Balaban J connectivity index is 1.74. The van der Waals surface area contributed by atoms with E-state index >= 15 is 0 Å². The molecule has 0 bridgehead atoms. The van der Waals surface area contributed by atoms with Gasteiger partial charge in [-0.25, -0.2) is 4.98 Å². The standard InChI is InChI=1S/C14H13N3O3S2/c1-2-16-7-8-17(12(19)11(16)18)14(20)22-13-15-9-5-3-4-6-10(9)21-13/h3-6H,2,7-8H2,1H3. The largest absolute Gasteiger partial charge is 0.333 e. The zero-order valence-corrected chi connectivity index (χ0v) is 13.4. The Labute approximate surface area is 135 Å². The minimum Gasteiger partial charge on any atom is -0.333 e. The maximum atomic E-state index is 12.3. The Morgan fingerprint density at radius 3 is 2.77 bits per heavy atom. The minimum absolute atomic E-state index is 0.231. The molecule has 1 aliphatic heterocycles. The van der Waals surface area contributed by atoms with Crippen molar-refractivity contribution in [3.05, 3.63) is 24.3 Å². The molecule has 0 aliphatic carbocycles. The molecule has 114 valence electrons. The fourth-order valence-corrected chi connectivity index (χ4v) is 4.10. The van der Waals surface area contributed by atoms with Gasteiger partial charge in [0.15, 0.2) is 4.34 Å². The van der Waals surface area contributed by atoms with Crippen LogP contribution in [0.25, 0.3) is 10.2 Å². The summed E-state index contributed by atoms with van der Waals surface area (Å²) in [6, 6.07) is 7.58. The van der Waals surface area contributed by atoms with E-state index in [1.807, 2.05) is 24.3 Å². The molecule has 6 nitrogen and oxygen atoms in total. The number of hydrogen-bond donors (Lipinski definition) is 0. The molecule has 0 spiro atoms. The summed E-state index contributed by atoms with van der Waals surface area (Å²) in [7, 11) is 0. The van der Waals surface area contributed by atoms with Gasteiger partial charge < -0.3 is 4.90 Å². The van der Waals surface area contributed by atoms with Crippen LogP contribution >= 0.6 is 23.1 Å². The van der Waals surface area contributed by atoms with Crippen molar-refractivity contribution in [3.63, 3.8) is 0 Å². The number of hydrogen-bond acceptors (Lipinski definition) is 6. The number of carbonyl (C=O) groups excluding carboxylic acids is 3. The number of carbonyl (C=O) groups is 3. The number of rotatable bonds is 2. The summed E-state index contributed by atoms with van der Waals surface area (Å²) in [4.78, 5) is 42.9. The first-order valence-corrected chi connectivity index (χ1v) is 8.41. The summed E-state index contributed by atoms with van der Waals surface area (Å²) >= 11 is 2.29.